The maximum atomic E-state index is 13.6. The van der Waals surface area contributed by atoms with Crippen molar-refractivity contribution < 1.29 is 14.3 Å². The van der Waals surface area contributed by atoms with E-state index < -0.39 is 11.4 Å². The third-order valence-electron chi connectivity index (χ3n) is 3.61. The highest BCUT2D eigenvalue weighted by molar-refractivity contribution is 5.75. The normalized spacial score (nSPS) is 11.3. The third kappa shape index (κ3) is 2.81. The first-order chi connectivity index (χ1) is 8.46. The fourth-order valence-electron chi connectivity index (χ4n) is 2.14. The predicted molar refractivity (Wildman–Crippen MR) is 70.3 cm³/mol. The Kier molecular flexibility index (Phi) is 4.70. The molecule has 3 nitrogen and oxygen atoms in total. The molecule has 0 saturated heterocycles. The number of halogens is 1. The van der Waals surface area contributed by atoms with Crippen LogP contribution in [-0.2, 0) is 4.79 Å². The lowest BCUT2D eigenvalue weighted by Crippen LogP contribution is -2.41. The van der Waals surface area contributed by atoms with Crippen LogP contribution >= 0.6 is 0 Å². The van der Waals surface area contributed by atoms with Crippen molar-refractivity contribution in [3.63, 3.8) is 0 Å². The smallest absolute Gasteiger partial charge is 0.311 e. The molecule has 100 valence electrons. The van der Waals surface area contributed by atoms with Crippen LogP contribution < -0.4 is 4.90 Å². The average Bonchev–Trinajstić information content (AvgIpc) is 2.36. The summed E-state index contributed by atoms with van der Waals surface area (Å²) >= 11 is 0. The molecule has 1 aromatic carbocycles. The number of aliphatic carboxylic acids is 1. The third-order valence-corrected chi connectivity index (χ3v) is 3.61. The second-order valence-corrected chi connectivity index (χ2v) is 4.60. The molecule has 0 aromatic heterocycles. The van der Waals surface area contributed by atoms with Crippen LogP contribution in [0.1, 0.15) is 26.7 Å². The quantitative estimate of drug-likeness (QED) is 0.846. The largest absolute Gasteiger partial charge is 0.481 e. The molecule has 1 rings (SSSR count). The van der Waals surface area contributed by atoms with E-state index in [1.165, 1.54) is 6.07 Å². The molecule has 0 aliphatic heterocycles. The van der Waals surface area contributed by atoms with Crippen molar-refractivity contribution in [2.24, 2.45) is 5.41 Å². The van der Waals surface area contributed by atoms with E-state index in [2.05, 4.69) is 0 Å². The number of anilines is 1. The summed E-state index contributed by atoms with van der Waals surface area (Å²) in [5.74, 6) is -1.15. The molecular formula is C14H20FNO2. The maximum Gasteiger partial charge on any atom is 0.311 e. The zero-order valence-electron chi connectivity index (χ0n) is 11.1. The molecule has 0 saturated carbocycles. The predicted octanol–water partition coefficient (Wildman–Crippen LogP) is 3.15. The van der Waals surface area contributed by atoms with Crippen LogP contribution in [0.5, 0.6) is 0 Å². The molecule has 18 heavy (non-hydrogen) atoms. The zero-order valence-corrected chi connectivity index (χ0v) is 11.1. The first kappa shape index (κ1) is 14.5. The van der Waals surface area contributed by atoms with Gasteiger partial charge in [-0.3, -0.25) is 4.79 Å². The van der Waals surface area contributed by atoms with E-state index in [0.29, 0.717) is 25.1 Å². The molecule has 0 fully saturated rings. The second-order valence-electron chi connectivity index (χ2n) is 4.60. The van der Waals surface area contributed by atoms with Gasteiger partial charge in [0.05, 0.1) is 11.1 Å². The summed E-state index contributed by atoms with van der Waals surface area (Å²) in [6.45, 7) is 4.01. The number of hydrogen-bond donors (Lipinski definition) is 1. The molecule has 0 spiro atoms. The summed E-state index contributed by atoms with van der Waals surface area (Å²) in [6.07, 6.45) is 1.05. The number of benzene rings is 1. The molecule has 0 unspecified atom stereocenters. The average molecular weight is 253 g/mol. The van der Waals surface area contributed by atoms with Gasteiger partial charge in [-0.05, 0) is 25.0 Å². The van der Waals surface area contributed by atoms with Gasteiger partial charge in [-0.2, -0.15) is 0 Å². The zero-order chi connectivity index (χ0) is 13.8. The summed E-state index contributed by atoms with van der Waals surface area (Å²) in [6, 6.07) is 6.41. The number of para-hydroxylation sites is 1. The first-order valence-corrected chi connectivity index (χ1v) is 6.16. The molecule has 1 N–H and O–H groups in total. The monoisotopic (exact) mass is 253 g/mol. The van der Waals surface area contributed by atoms with Gasteiger partial charge in [-0.1, -0.05) is 26.0 Å². The van der Waals surface area contributed by atoms with Crippen molar-refractivity contribution in [3.05, 3.63) is 30.1 Å². The molecule has 4 heteroatoms. The van der Waals surface area contributed by atoms with E-state index in [0.717, 1.165) is 0 Å². The number of nitrogens with zero attached hydrogens (tertiary/aromatic N) is 1. The van der Waals surface area contributed by atoms with E-state index in [-0.39, 0.29) is 5.82 Å². The SMILES string of the molecule is CCC(CC)(CN(C)c1ccccc1F)C(=O)O. The van der Waals surface area contributed by atoms with E-state index >= 15 is 0 Å². The molecule has 0 radical (unpaired) electrons. The standard InChI is InChI=1S/C14H20FNO2/c1-4-14(5-2,13(17)18)10-16(3)12-9-7-6-8-11(12)15/h6-9H,4-5,10H2,1-3H3,(H,17,18). The van der Waals surface area contributed by atoms with Crippen molar-refractivity contribution >= 4 is 11.7 Å². The van der Waals surface area contributed by atoms with Crippen molar-refractivity contribution in [3.8, 4) is 0 Å². The topological polar surface area (TPSA) is 40.5 Å². The Bertz CT molecular complexity index is 416. The number of carboxylic acid groups (broad SMARTS) is 1. The number of carboxylic acids is 1. The van der Waals surface area contributed by atoms with Gasteiger partial charge in [-0.25, -0.2) is 4.39 Å². The van der Waals surface area contributed by atoms with Gasteiger partial charge in [0.25, 0.3) is 0 Å². The van der Waals surface area contributed by atoms with Gasteiger partial charge >= 0.3 is 5.97 Å². The minimum absolute atomic E-state index is 0.302. The van der Waals surface area contributed by atoms with E-state index in [4.69, 9.17) is 0 Å². The van der Waals surface area contributed by atoms with Gasteiger partial charge in [0.1, 0.15) is 5.82 Å². The number of carbonyl (C=O) groups is 1. The van der Waals surface area contributed by atoms with E-state index in [9.17, 15) is 14.3 Å². The van der Waals surface area contributed by atoms with Crippen molar-refractivity contribution in [1.29, 1.82) is 0 Å². The van der Waals surface area contributed by atoms with Gasteiger partial charge in [0.15, 0.2) is 0 Å². The summed E-state index contributed by atoms with van der Waals surface area (Å²) in [5, 5.41) is 9.37. The van der Waals surface area contributed by atoms with Crippen LogP contribution in [-0.4, -0.2) is 24.7 Å². The Hall–Kier alpha value is -1.58. The Morgan fingerprint density at radius 3 is 2.33 bits per heavy atom. The minimum Gasteiger partial charge on any atom is -0.481 e. The molecule has 0 amide bonds. The van der Waals surface area contributed by atoms with Crippen LogP contribution in [0.3, 0.4) is 0 Å². The molecule has 0 aliphatic carbocycles. The van der Waals surface area contributed by atoms with Gasteiger partial charge in [-0.15, -0.1) is 0 Å². The summed E-state index contributed by atoms with van der Waals surface area (Å²) in [4.78, 5) is 13.1. The molecule has 0 bridgehead atoms. The van der Waals surface area contributed by atoms with Gasteiger partial charge in [0.2, 0.25) is 0 Å². The highest BCUT2D eigenvalue weighted by Crippen LogP contribution is 2.30. The highest BCUT2D eigenvalue weighted by Gasteiger charge is 2.36. The maximum absolute atomic E-state index is 13.6. The van der Waals surface area contributed by atoms with Crippen LogP contribution in [0.25, 0.3) is 0 Å². The van der Waals surface area contributed by atoms with Gasteiger partial charge in [0, 0.05) is 13.6 Å². The lowest BCUT2D eigenvalue weighted by molar-refractivity contribution is -0.148. The van der Waals surface area contributed by atoms with Crippen LogP contribution in [0.4, 0.5) is 10.1 Å². The lowest BCUT2D eigenvalue weighted by Gasteiger charge is -2.33. The van der Waals surface area contributed by atoms with E-state index in [1.807, 2.05) is 13.8 Å². The second kappa shape index (κ2) is 5.85. The highest BCUT2D eigenvalue weighted by atomic mass is 19.1. The summed E-state index contributed by atoms with van der Waals surface area (Å²) < 4.78 is 13.6. The first-order valence-electron chi connectivity index (χ1n) is 6.16. The molecule has 0 heterocycles. The van der Waals surface area contributed by atoms with Crippen LogP contribution in [0, 0.1) is 11.2 Å². The van der Waals surface area contributed by atoms with Crippen molar-refractivity contribution in [2.75, 3.05) is 18.5 Å². The van der Waals surface area contributed by atoms with Crippen molar-refractivity contribution in [1.82, 2.24) is 0 Å². The van der Waals surface area contributed by atoms with Crippen LogP contribution in [0.2, 0.25) is 0 Å². The fraction of sp³-hybridized carbons (Fsp3) is 0.500. The van der Waals surface area contributed by atoms with Crippen molar-refractivity contribution in [2.45, 2.75) is 26.7 Å². The summed E-state index contributed by atoms with van der Waals surface area (Å²) in [5.41, 5.74) is -0.387. The number of hydrogen-bond acceptors (Lipinski definition) is 2. The Labute approximate surface area is 107 Å². The summed E-state index contributed by atoms with van der Waals surface area (Å²) in [7, 11) is 1.72. The lowest BCUT2D eigenvalue weighted by atomic mass is 9.82. The fourth-order valence-corrected chi connectivity index (χ4v) is 2.14. The molecule has 1 aromatic rings. The van der Waals surface area contributed by atoms with Crippen LogP contribution in [0.15, 0.2) is 24.3 Å². The Morgan fingerprint density at radius 1 is 1.33 bits per heavy atom. The number of rotatable bonds is 6. The molecule has 0 aliphatic rings. The Balaban J connectivity index is 2.95. The molecular weight excluding hydrogens is 233 g/mol. The van der Waals surface area contributed by atoms with E-state index in [1.54, 1.807) is 30.1 Å². The van der Waals surface area contributed by atoms with Gasteiger partial charge < -0.3 is 10.0 Å². The Morgan fingerprint density at radius 2 is 1.89 bits per heavy atom. The molecule has 0 atom stereocenters. The minimum atomic E-state index is -0.823.